The molecule has 1 saturated heterocycles. The summed E-state index contributed by atoms with van der Waals surface area (Å²) in [6.45, 7) is 16.2. The van der Waals surface area contributed by atoms with E-state index in [1.807, 2.05) is 58.2 Å². The number of H-pyrrole nitrogens is 1. The molecule has 5 rings (SSSR count). The predicted octanol–water partition coefficient (Wildman–Crippen LogP) is 5.46. The van der Waals surface area contributed by atoms with E-state index in [9.17, 15) is 14.4 Å². The first-order chi connectivity index (χ1) is 22.0. The lowest BCUT2D eigenvalue weighted by Crippen LogP contribution is -2.50. The third-order valence-corrected chi connectivity index (χ3v) is 8.58. The highest BCUT2D eigenvalue weighted by Crippen LogP contribution is 2.36. The van der Waals surface area contributed by atoms with Crippen molar-refractivity contribution in [1.29, 1.82) is 0 Å². The Bertz CT molecular complexity index is 1620. The summed E-state index contributed by atoms with van der Waals surface area (Å²) in [4.78, 5) is 53.0. The number of benzene rings is 1. The van der Waals surface area contributed by atoms with Gasteiger partial charge in [0.25, 0.3) is 11.5 Å². The molecule has 2 aliphatic rings. The lowest BCUT2D eigenvalue weighted by atomic mass is 9.97. The molecule has 0 bridgehead atoms. The van der Waals surface area contributed by atoms with Crippen LogP contribution in [0.15, 0.2) is 41.3 Å². The van der Waals surface area contributed by atoms with Gasteiger partial charge >= 0.3 is 6.09 Å². The average Bonchev–Trinajstić information content (AvgIpc) is 3.42. The van der Waals surface area contributed by atoms with Crippen molar-refractivity contribution in [1.82, 2.24) is 20.2 Å². The number of rotatable bonds is 9. The Hall–Kier alpha value is -4.34. The summed E-state index contributed by atoms with van der Waals surface area (Å²) in [7, 11) is 0. The molecule has 1 fully saturated rings. The second-order valence-electron chi connectivity index (χ2n) is 13.3. The van der Waals surface area contributed by atoms with Crippen molar-refractivity contribution in [3.63, 3.8) is 0 Å². The number of aromatic amines is 1. The number of aromatic nitrogens is 2. The zero-order valence-corrected chi connectivity index (χ0v) is 28.2. The number of aryl methyl sites for hydroxylation is 2. The minimum atomic E-state index is -0.518. The number of carbonyl (C=O) groups is 2. The maximum Gasteiger partial charge on any atom is 0.410 e. The molecule has 10 heteroatoms. The van der Waals surface area contributed by atoms with Gasteiger partial charge < -0.3 is 29.7 Å². The summed E-state index contributed by atoms with van der Waals surface area (Å²) in [5.74, 6) is 0.678. The molecular weight excluding hydrogens is 580 g/mol. The fraction of sp³-hybridized carbons (Fsp3) is 0.500. The second kappa shape index (κ2) is 14.0. The molecule has 0 atom stereocenters. The minimum absolute atomic E-state index is 0.144. The molecule has 0 saturated carbocycles. The molecule has 2 N–H and O–H groups in total. The molecule has 1 aromatic carbocycles. The summed E-state index contributed by atoms with van der Waals surface area (Å²) in [6.07, 6.45) is 5.10. The zero-order chi connectivity index (χ0) is 33.0. The van der Waals surface area contributed by atoms with Crippen LogP contribution in [0, 0.1) is 6.92 Å². The van der Waals surface area contributed by atoms with Crippen LogP contribution >= 0.6 is 0 Å². The van der Waals surface area contributed by atoms with E-state index in [0.29, 0.717) is 37.3 Å². The molecule has 3 aromatic rings. The van der Waals surface area contributed by atoms with E-state index in [2.05, 4.69) is 40.0 Å². The first-order valence-electron chi connectivity index (χ1n) is 16.6. The number of nitrogens with one attached hydrogen (secondary N) is 2. The maximum absolute atomic E-state index is 13.8. The normalized spacial score (nSPS) is 14.8. The van der Waals surface area contributed by atoms with Crippen molar-refractivity contribution in [2.24, 2.45) is 0 Å². The Kier molecular flexibility index (Phi) is 10.0. The highest BCUT2D eigenvalue weighted by atomic mass is 16.6. The predicted molar refractivity (Wildman–Crippen MR) is 183 cm³/mol. The van der Waals surface area contributed by atoms with Crippen molar-refractivity contribution >= 4 is 23.5 Å². The van der Waals surface area contributed by atoms with Crippen LogP contribution < -0.4 is 20.7 Å². The van der Waals surface area contributed by atoms with Crippen LogP contribution in [-0.4, -0.2) is 71.7 Å². The quantitative estimate of drug-likeness (QED) is 0.324. The van der Waals surface area contributed by atoms with Gasteiger partial charge in [0.2, 0.25) is 0 Å². The van der Waals surface area contributed by atoms with Crippen LogP contribution in [0.5, 0.6) is 0 Å². The molecule has 2 aliphatic heterocycles. The third kappa shape index (κ3) is 7.54. The minimum Gasteiger partial charge on any atom is -0.444 e. The van der Waals surface area contributed by atoms with Crippen LogP contribution in [0.2, 0.25) is 0 Å². The molecule has 10 nitrogen and oxygen atoms in total. The fourth-order valence-electron chi connectivity index (χ4n) is 6.36. The lowest BCUT2D eigenvalue weighted by Gasteiger charge is -2.36. The highest BCUT2D eigenvalue weighted by molar-refractivity contribution is 5.99. The molecule has 46 heavy (non-hydrogen) atoms. The standard InChI is InChI=1S/C36H48N6O4/c1-7-9-25-19-24(3)39-34(44)30(25)23-38-33(43)29-20-27(21-31-28(29)12-14-40(31)13-8-2)26-10-11-32(37-22-26)41-15-17-42(18-16-41)35(45)46-36(4,5)6/h10-11,19-22H,7-9,12-18,23H2,1-6H3,(H,38,43)(H,39,44). The highest BCUT2D eigenvalue weighted by Gasteiger charge is 2.28. The first-order valence-corrected chi connectivity index (χ1v) is 16.6. The number of hydrogen-bond donors (Lipinski definition) is 2. The smallest absolute Gasteiger partial charge is 0.410 e. The lowest BCUT2D eigenvalue weighted by molar-refractivity contribution is 0.0240. The largest absolute Gasteiger partial charge is 0.444 e. The molecule has 0 radical (unpaired) electrons. The molecule has 2 amide bonds. The van der Waals surface area contributed by atoms with E-state index in [1.165, 1.54) is 0 Å². The number of piperazine rings is 1. The van der Waals surface area contributed by atoms with Crippen molar-refractivity contribution in [3.05, 3.63) is 74.8 Å². The third-order valence-electron chi connectivity index (χ3n) is 8.58. The van der Waals surface area contributed by atoms with E-state index in [1.54, 1.807) is 4.90 Å². The summed E-state index contributed by atoms with van der Waals surface area (Å²) in [5, 5.41) is 3.07. The van der Waals surface area contributed by atoms with Crippen molar-refractivity contribution in [3.8, 4) is 11.1 Å². The van der Waals surface area contributed by atoms with Crippen LogP contribution in [0.1, 0.15) is 80.2 Å². The molecule has 4 heterocycles. The monoisotopic (exact) mass is 628 g/mol. The topological polar surface area (TPSA) is 111 Å². The van der Waals surface area contributed by atoms with Crippen molar-refractivity contribution in [2.45, 2.75) is 79.4 Å². The van der Waals surface area contributed by atoms with Gasteiger partial charge in [-0.25, -0.2) is 9.78 Å². The molecule has 0 aliphatic carbocycles. The van der Waals surface area contributed by atoms with Gasteiger partial charge in [0.15, 0.2) is 0 Å². The van der Waals surface area contributed by atoms with E-state index in [0.717, 1.165) is 78.2 Å². The number of ether oxygens (including phenoxy) is 1. The van der Waals surface area contributed by atoms with E-state index < -0.39 is 5.60 Å². The summed E-state index contributed by atoms with van der Waals surface area (Å²) in [5.41, 5.74) is 6.41. The summed E-state index contributed by atoms with van der Waals surface area (Å²) < 4.78 is 5.53. The molecule has 0 spiro atoms. The van der Waals surface area contributed by atoms with Gasteiger partial charge in [0.05, 0.1) is 0 Å². The van der Waals surface area contributed by atoms with Crippen LogP contribution in [0.3, 0.4) is 0 Å². The van der Waals surface area contributed by atoms with Gasteiger partial charge in [0.1, 0.15) is 11.4 Å². The van der Waals surface area contributed by atoms with Gasteiger partial charge in [-0.05, 0) is 94.0 Å². The molecular formula is C36H48N6O4. The van der Waals surface area contributed by atoms with Crippen molar-refractivity contribution in [2.75, 3.05) is 49.1 Å². The Balaban J connectivity index is 1.35. The number of carbonyl (C=O) groups excluding carboxylic acids is 2. The average molecular weight is 629 g/mol. The number of anilines is 2. The van der Waals surface area contributed by atoms with Crippen molar-refractivity contribution < 1.29 is 14.3 Å². The maximum atomic E-state index is 13.8. The van der Waals surface area contributed by atoms with E-state index >= 15 is 0 Å². The fourth-order valence-corrected chi connectivity index (χ4v) is 6.36. The Morgan fingerprint density at radius 3 is 2.41 bits per heavy atom. The Labute approximate surface area is 272 Å². The van der Waals surface area contributed by atoms with Gasteiger partial charge in [-0.3, -0.25) is 9.59 Å². The van der Waals surface area contributed by atoms with Gasteiger partial charge in [0, 0.05) is 80.1 Å². The van der Waals surface area contributed by atoms with Crippen LogP contribution in [-0.2, 0) is 24.1 Å². The second-order valence-corrected chi connectivity index (χ2v) is 13.3. The van der Waals surface area contributed by atoms with Gasteiger partial charge in [-0.1, -0.05) is 20.3 Å². The number of nitrogens with zero attached hydrogens (tertiary/aromatic N) is 4. The van der Waals surface area contributed by atoms with E-state index in [-0.39, 0.29) is 24.1 Å². The molecule has 0 unspecified atom stereocenters. The summed E-state index contributed by atoms with van der Waals surface area (Å²) >= 11 is 0. The Morgan fingerprint density at radius 2 is 1.76 bits per heavy atom. The number of hydrogen-bond acceptors (Lipinski definition) is 7. The summed E-state index contributed by atoms with van der Waals surface area (Å²) in [6, 6.07) is 10.2. The molecule has 2 aromatic heterocycles. The van der Waals surface area contributed by atoms with Crippen LogP contribution in [0.25, 0.3) is 11.1 Å². The molecule has 246 valence electrons. The van der Waals surface area contributed by atoms with Crippen LogP contribution in [0.4, 0.5) is 16.3 Å². The van der Waals surface area contributed by atoms with E-state index in [4.69, 9.17) is 9.72 Å². The van der Waals surface area contributed by atoms with Gasteiger partial charge in [-0.2, -0.15) is 0 Å². The first kappa shape index (κ1) is 33.0. The SMILES string of the molecule is CCCc1cc(C)[nH]c(=O)c1CNC(=O)c1cc(-c2ccc(N3CCN(C(=O)OC(C)(C)C)CC3)nc2)cc2c1CCN2CCC. The number of fused-ring (bicyclic) bond motifs is 1. The number of amides is 2. The zero-order valence-electron chi connectivity index (χ0n) is 28.2. The Morgan fingerprint density at radius 1 is 1.00 bits per heavy atom. The number of pyridine rings is 2. The van der Waals surface area contributed by atoms with Gasteiger partial charge in [-0.15, -0.1) is 0 Å².